The van der Waals surface area contributed by atoms with Crippen molar-refractivity contribution in [3.05, 3.63) is 125 Å². The standard InChI is InChI=1S/C37H35Cl2N5O2/c1-37(2)27(19-35(45)42-33(36(40)46)17-23-10-12-25(13-11-23)24-7-4-3-5-8-24)18-29(37)34-21-32(26-9-6-16-41-22-26)43-44(34)28-14-15-30(38)31(39)20-28/h3-16,20-22,27,29,33H,17-19H2,1-2H3,(H2,40,46)(H,42,45)/t27-,29-,33+/m1/s1. The molecule has 1 fully saturated rings. The molecule has 1 saturated carbocycles. The predicted molar refractivity (Wildman–Crippen MR) is 183 cm³/mol. The van der Waals surface area contributed by atoms with Crippen molar-refractivity contribution in [2.45, 2.75) is 45.1 Å². The van der Waals surface area contributed by atoms with Crippen molar-refractivity contribution in [1.29, 1.82) is 0 Å². The molecule has 0 saturated heterocycles. The summed E-state index contributed by atoms with van der Waals surface area (Å²) in [6.45, 7) is 4.35. The van der Waals surface area contributed by atoms with Crippen LogP contribution in [0.2, 0.25) is 10.0 Å². The Morgan fingerprint density at radius 1 is 0.935 bits per heavy atom. The Morgan fingerprint density at radius 3 is 2.30 bits per heavy atom. The van der Waals surface area contributed by atoms with Gasteiger partial charge in [-0.25, -0.2) is 4.68 Å². The molecule has 0 unspecified atom stereocenters. The number of halogens is 2. The lowest BCUT2D eigenvalue weighted by molar-refractivity contribution is -0.130. The van der Waals surface area contributed by atoms with E-state index in [1.165, 1.54) is 0 Å². The molecule has 3 aromatic carbocycles. The molecule has 3 N–H and O–H groups in total. The van der Waals surface area contributed by atoms with Crippen LogP contribution in [0.5, 0.6) is 0 Å². The first-order valence-electron chi connectivity index (χ1n) is 15.3. The zero-order chi connectivity index (χ0) is 32.4. The summed E-state index contributed by atoms with van der Waals surface area (Å²) in [5, 5.41) is 8.77. The Kier molecular flexibility index (Phi) is 8.98. The Balaban J connectivity index is 1.16. The lowest BCUT2D eigenvalue weighted by Crippen LogP contribution is -2.49. The summed E-state index contributed by atoms with van der Waals surface area (Å²) in [4.78, 5) is 29.9. The van der Waals surface area contributed by atoms with Crippen LogP contribution in [0.4, 0.5) is 0 Å². The van der Waals surface area contributed by atoms with Crippen LogP contribution in [0.25, 0.3) is 28.1 Å². The second-order valence-electron chi connectivity index (χ2n) is 12.5. The van der Waals surface area contributed by atoms with Crippen LogP contribution >= 0.6 is 23.2 Å². The topological polar surface area (TPSA) is 103 Å². The van der Waals surface area contributed by atoms with E-state index in [2.05, 4.69) is 42.3 Å². The number of nitrogens with one attached hydrogen (secondary N) is 1. The summed E-state index contributed by atoms with van der Waals surface area (Å²) in [5.74, 6) is -0.530. The molecule has 2 aromatic heterocycles. The van der Waals surface area contributed by atoms with Crippen LogP contribution in [0.1, 0.15) is 43.9 Å². The molecule has 1 aliphatic carbocycles. The fourth-order valence-electron chi connectivity index (χ4n) is 6.39. The Hall–Kier alpha value is -4.46. The lowest BCUT2D eigenvalue weighted by Gasteiger charge is -2.52. The van der Waals surface area contributed by atoms with Crippen LogP contribution < -0.4 is 11.1 Å². The number of hydrogen-bond donors (Lipinski definition) is 2. The minimum atomic E-state index is -0.799. The molecule has 7 nitrogen and oxygen atoms in total. The Bertz CT molecular complexity index is 1860. The number of pyridine rings is 1. The van der Waals surface area contributed by atoms with Crippen LogP contribution in [0.15, 0.2) is 103 Å². The minimum absolute atomic E-state index is 0.0928. The summed E-state index contributed by atoms with van der Waals surface area (Å²) in [7, 11) is 0. The molecule has 6 rings (SSSR count). The summed E-state index contributed by atoms with van der Waals surface area (Å²) in [6, 6.07) is 28.7. The van der Waals surface area contributed by atoms with Gasteiger partial charge in [0.25, 0.3) is 0 Å². The smallest absolute Gasteiger partial charge is 0.240 e. The largest absolute Gasteiger partial charge is 0.368 e. The minimum Gasteiger partial charge on any atom is -0.368 e. The summed E-state index contributed by atoms with van der Waals surface area (Å²) in [6.07, 6.45) is 4.91. The van der Waals surface area contributed by atoms with Crippen molar-refractivity contribution >= 4 is 35.0 Å². The first-order valence-corrected chi connectivity index (χ1v) is 16.0. The third-order valence-electron chi connectivity index (χ3n) is 9.28. The number of carbonyl (C=O) groups excluding carboxylic acids is 2. The second-order valence-corrected chi connectivity index (χ2v) is 13.3. The number of hydrogen-bond acceptors (Lipinski definition) is 4. The molecular weight excluding hydrogens is 617 g/mol. The van der Waals surface area contributed by atoms with Crippen LogP contribution in [0.3, 0.4) is 0 Å². The molecule has 1 aliphatic rings. The van der Waals surface area contributed by atoms with Crippen LogP contribution in [0, 0.1) is 11.3 Å². The number of nitrogens with zero attached hydrogens (tertiary/aromatic N) is 3. The normalized spacial score (nSPS) is 17.6. The average molecular weight is 653 g/mol. The van der Waals surface area contributed by atoms with Gasteiger partial charge in [-0.3, -0.25) is 14.6 Å². The van der Waals surface area contributed by atoms with Crippen molar-refractivity contribution in [1.82, 2.24) is 20.1 Å². The second kappa shape index (κ2) is 13.1. The van der Waals surface area contributed by atoms with Gasteiger partial charge >= 0.3 is 0 Å². The molecule has 2 heterocycles. The number of amides is 2. The molecule has 46 heavy (non-hydrogen) atoms. The highest BCUT2D eigenvalue weighted by atomic mass is 35.5. The molecule has 3 atom stereocenters. The fraction of sp³-hybridized carbons (Fsp3) is 0.243. The van der Waals surface area contributed by atoms with Gasteiger partial charge in [0.15, 0.2) is 0 Å². The fourth-order valence-corrected chi connectivity index (χ4v) is 6.68. The maximum absolute atomic E-state index is 13.3. The molecule has 234 valence electrons. The maximum Gasteiger partial charge on any atom is 0.240 e. The number of carbonyl (C=O) groups is 2. The van der Waals surface area contributed by atoms with Gasteiger partial charge in [-0.05, 0) is 70.8 Å². The van der Waals surface area contributed by atoms with Gasteiger partial charge in [-0.15, -0.1) is 0 Å². The average Bonchev–Trinajstić information content (AvgIpc) is 3.49. The van der Waals surface area contributed by atoms with Crippen molar-refractivity contribution in [3.63, 3.8) is 0 Å². The highest BCUT2D eigenvalue weighted by molar-refractivity contribution is 6.42. The van der Waals surface area contributed by atoms with Gasteiger partial charge in [0.2, 0.25) is 11.8 Å². The van der Waals surface area contributed by atoms with Crippen LogP contribution in [-0.2, 0) is 16.0 Å². The first-order chi connectivity index (χ1) is 22.1. The number of nitrogens with two attached hydrogens (primary N) is 1. The van der Waals surface area contributed by atoms with E-state index in [4.69, 9.17) is 34.0 Å². The number of primary amides is 1. The van der Waals surface area contributed by atoms with E-state index < -0.39 is 11.9 Å². The van der Waals surface area contributed by atoms with Gasteiger partial charge in [0.05, 0.1) is 21.4 Å². The highest BCUT2D eigenvalue weighted by Crippen LogP contribution is 2.58. The van der Waals surface area contributed by atoms with E-state index >= 15 is 0 Å². The molecule has 0 aliphatic heterocycles. The molecule has 2 amide bonds. The molecule has 0 bridgehead atoms. The van der Waals surface area contributed by atoms with Crippen molar-refractivity contribution in [2.75, 3.05) is 0 Å². The third-order valence-corrected chi connectivity index (χ3v) is 10.0. The van der Waals surface area contributed by atoms with E-state index in [1.807, 2.05) is 71.4 Å². The Morgan fingerprint density at radius 2 is 1.65 bits per heavy atom. The summed E-state index contributed by atoms with van der Waals surface area (Å²) in [5.41, 5.74) is 12.2. The molecule has 9 heteroatoms. The first kappa shape index (κ1) is 31.5. The number of benzene rings is 3. The van der Waals surface area contributed by atoms with Crippen molar-refractivity contribution < 1.29 is 9.59 Å². The summed E-state index contributed by atoms with van der Waals surface area (Å²) < 4.78 is 1.92. The van der Waals surface area contributed by atoms with Gasteiger partial charge in [-0.1, -0.05) is 91.6 Å². The van der Waals surface area contributed by atoms with E-state index in [-0.39, 0.29) is 29.6 Å². The van der Waals surface area contributed by atoms with Gasteiger partial charge < -0.3 is 11.1 Å². The highest BCUT2D eigenvalue weighted by Gasteiger charge is 2.50. The predicted octanol–water partition coefficient (Wildman–Crippen LogP) is 7.64. The third kappa shape index (κ3) is 6.57. The van der Waals surface area contributed by atoms with E-state index in [0.29, 0.717) is 16.5 Å². The van der Waals surface area contributed by atoms with Crippen LogP contribution in [-0.4, -0.2) is 32.6 Å². The zero-order valence-corrected chi connectivity index (χ0v) is 27.2. The molecule has 0 spiro atoms. The quantitative estimate of drug-likeness (QED) is 0.162. The maximum atomic E-state index is 13.3. The monoisotopic (exact) mass is 651 g/mol. The summed E-state index contributed by atoms with van der Waals surface area (Å²) >= 11 is 12.6. The Labute approximate surface area is 278 Å². The van der Waals surface area contributed by atoms with Crippen molar-refractivity contribution in [3.8, 4) is 28.1 Å². The lowest BCUT2D eigenvalue weighted by atomic mass is 9.52. The van der Waals surface area contributed by atoms with Crippen molar-refractivity contribution in [2.24, 2.45) is 17.1 Å². The molecule has 0 radical (unpaired) electrons. The van der Waals surface area contributed by atoms with Gasteiger partial charge in [0.1, 0.15) is 6.04 Å². The number of rotatable bonds is 10. The van der Waals surface area contributed by atoms with Gasteiger partial charge in [-0.2, -0.15) is 5.10 Å². The van der Waals surface area contributed by atoms with E-state index in [1.54, 1.807) is 18.5 Å². The molecule has 5 aromatic rings. The zero-order valence-electron chi connectivity index (χ0n) is 25.7. The SMILES string of the molecule is CC1(C)[C@@H](CC(=O)N[C@@H](Cc2ccc(-c3ccccc3)cc2)C(N)=O)C[C@@H]1c1cc(-c2cccnc2)nn1-c1ccc(Cl)c(Cl)c1. The number of aromatic nitrogens is 3. The van der Waals surface area contributed by atoms with Gasteiger partial charge in [0, 0.05) is 42.4 Å². The molecular formula is C37H35Cl2N5O2. The van der Waals surface area contributed by atoms with E-state index in [0.717, 1.165) is 45.7 Å². The van der Waals surface area contributed by atoms with E-state index in [9.17, 15) is 9.59 Å².